The van der Waals surface area contributed by atoms with Crippen LogP contribution in [-0.4, -0.2) is 19.0 Å². The molecule has 1 rings (SSSR count). The molecule has 25 heavy (non-hydrogen) atoms. The highest BCUT2D eigenvalue weighted by Gasteiger charge is 2.05. The molecule has 0 spiro atoms. The van der Waals surface area contributed by atoms with Gasteiger partial charge in [0.05, 0.1) is 7.11 Å². The summed E-state index contributed by atoms with van der Waals surface area (Å²) in [6.45, 7) is 12.3. The van der Waals surface area contributed by atoms with Crippen molar-refractivity contribution in [2.24, 2.45) is 0 Å². The molecule has 0 aliphatic rings. The highest BCUT2D eigenvalue weighted by Crippen LogP contribution is 2.05. The molecule has 1 amide bonds. The molecule has 0 radical (unpaired) electrons. The number of rotatable bonds is 8. The summed E-state index contributed by atoms with van der Waals surface area (Å²) >= 11 is 0. The summed E-state index contributed by atoms with van der Waals surface area (Å²) in [5.74, 6) is -0.420. The lowest BCUT2D eigenvalue weighted by atomic mass is 10.2. The maximum atomic E-state index is 11.4. The van der Waals surface area contributed by atoms with Gasteiger partial charge in [-0.25, -0.2) is 5.48 Å². The van der Waals surface area contributed by atoms with Crippen LogP contribution in [0.3, 0.4) is 0 Å². The Morgan fingerprint density at radius 3 is 1.92 bits per heavy atom. The molecular weight excluding hydrogens is 318 g/mol. The highest BCUT2D eigenvalue weighted by atomic mass is 16.6. The van der Waals surface area contributed by atoms with Crippen LogP contribution in [0.5, 0.6) is 0 Å². The smallest absolute Gasteiger partial charge is 0.306 e. The van der Waals surface area contributed by atoms with Crippen LogP contribution < -0.4 is 5.48 Å². The van der Waals surface area contributed by atoms with E-state index in [1.165, 1.54) is 7.11 Å². The van der Waals surface area contributed by atoms with E-state index in [0.717, 1.165) is 5.56 Å². The van der Waals surface area contributed by atoms with E-state index in [4.69, 9.17) is 4.74 Å². The summed E-state index contributed by atoms with van der Waals surface area (Å²) in [6.07, 6.45) is 1.94. The van der Waals surface area contributed by atoms with E-state index in [2.05, 4.69) is 10.3 Å². The van der Waals surface area contributed by atoms with Gasteiger partial charge in [-0.2, -0.15) is 0 Å². The molecule has 0 bridgehead atoms. The summed E-state index contributed by atoms with van der Waals surface area (Å²) in [5.41, 5.74) is 3.19. The Kier molecular flexibility index (Phi) is 27.2. The Morgan fingerprint density at radius 2 is 1.40 bits per heavy atom. The summed E-state index contributed by atoms with van der Waals surface area (Å²) in [6, 6.07) is 9.52. The third kappa shape index (κ3) is 20.1. The van der Waals surface area contributed by atoms with Crippen molar-refractivity contribution in [1.82, 2.24) is 5.48 Å². The van der Waals surface area contributed by atoms with Crippen LogP contribution in [0.2, 0.25) is 0 Å². The third-order valence-electron chi connectivity index (χ3n) is 2.49. The first-order valence-corrected chi connectivity index (χ1v) is 9.23. The van der Waals surface area contributed by atoms with Crippen molar-refractivity contribution in [2.45, 2.75) is 73.8 Å². The first-order valence-electron chi connectivity index (χ1n) is 9.23. The number of unbranched alkanes of at least 4 members (excludes halogenated alkanes) is 1. The van der Waals surface area contributed by atoms with Gasteiger partial charge in [-0.15, -0.1) is 0 Å². The van der Waals surface area contributed by atoms with Crippen LogP contribution in [0, 0.1) is 0 Å². The van der Waals surface area contributed by atoms with Crippen molar-refractivity contribution >= 4 is 11.9 Å². The number of carbonyl (C=O) groups excluding carboxylic acids is 2. The van der Waals surface area contributed by atoms with Gasteiger partial charge in [-0.3, -0.25) is 14.4 Å². The second-order valence-electron chi connectivity index (χ2n) is 4.08. The number of benzene rings is 1. The van der Waals surface area contributed by atoms with Crippen molar-refractivity contribution < 1.29 is 19.2 Å². The minimum absolute atomic E-state index is 0.180. The standard InChI is InChI=1S/C14H19NO4.3C2H6/c1-18-15-13(16)9-5-6-10-14(17)19-11-12-7-3-2-4-8-12;3*1-2/h2-4,7-8H,5-6,9-11H2,1H3,(H,15,16);3*1-2H3. The minimum atomic E-state index is -0.240. The van der Waals surface area contributed by atoms with Crippen molar-refractivity contribution in [1.29, 1.82) is 0 Å². The molecule has 1 aromatic carbocycles. The second-order valence-corrected chi connectivity index (χ2v) is 4.08. The van der Waals surface area contributed by atoms with Crippen LogP contribution >= 0.6 is 0 Å². The van der Waals surface area contributed by atoms with E-state index in [9.17, 15) is 9.59 Å². The zero-order chi connectivity index (χ0) is 19.9. The first-order chi connectivity index (χ1) is 12.2. The lowest BCUT2D eigenvalue weighted by Gasteiger charge is -2.05. The Morgan fingerprint density at radius 1 is 0.880 bits per heavy atom. The third-order valence-corrected chi connectivity index (χ3v) is 2.49. The molecule has 146 valence electrons. The molecule has 0 atom stereocenters. The summed E-state index contributed by atoms with van der Waals surface area (Å²) in [4.78, 5) is 27.0. The molecule has 0 unspecified atom stereocenters. The van der Waals surface area contributed by atoms with Crippen LogP contribution in [0.25, 0.3) is 0 Å². The maximum Gasteiger partial charge on any atom is 0.306 e. The van der Waals surface area contributed by atoms with Crippen molar-refractivity contribution in [2.75, 3.05) is 7.11 Å². The molecule has 1 N–H and O–H groups in total. The molecular formula is C20H37NO4. The lowest BCUT2D eigenvalue weighted by molar-refractivity contribution is -0.145. The Hall–Kier alpha value is -1.88. The summed E-state index contributed by atoms with van der Waals surface area (Å²) in [7, 11) is 1.39. The van der Waals surface area contributed by atoms with Gasteiger partial charge < -0.3 is 4.74 Å². The van der Waals surface area contributed by atoms with Gasteiger partial charge in [0.2, 0.25) is 5.91 Å². The molecule has 0 heterocycles. The van der Waals surface area contributed by atoms with Crippen LogP contribution in [0.1, 0.15) is 72.8 Å². The zero-order valence-electron chi connectivity index (χ0n) is 17.1. The number of amides is 1. The van der Waals surface area contributed by atoms with Gasteiger partial charge in [0.15, 0.2) is 0 Å². The fraction of sp³-hybridized carbons (Fsp3) is 0.600. The lowest BCUT2D eigenvalue weighted by Crippen LogP contribution is -2.21. The van der Waals surface area contributed by atoms with Crippen LogP contribution in [-0.2, 0) is 25.8 Å². The monoisotopic (exact) mass is 355 g/mol. The average molecular weight is 356 g/mol. The summed E-state index contributed by atoms with van der Waals surface area (Å²) in [5, 5.41) is 0. The SMILES string of the molecule is CC.CC.CC.CONC(=O)CCCCC(=O)OCc1ccccc1. The van der Waals surface area contributed by atoms with E-state index in [1.807, 2.05) is 71.9 Å². The predicted octanol–water partition coefficient (Wildman–Crippen LogP) is 5.05. The van der Waals surface area contributed by atoms with Crippen LogP contribution in [0.4, 0.5) is 0 Å². The number of hydroxylamine groups is 1. The van der Waals surface area contributed by atoms with E-state index in [1.54, 1.807) is 0 Å². The van der Waals surface area contributed by atoms with Gasteiger partial charge in [0.1, 0.15) is 6.61 Å². The predicted molar refractivity (Wildman–Crippen MR) is 104 cm³/mol. The van der Waals surface area contributed by atoms with Gasteiger partial charge >= 0.3 is 5.97 Å². The zero-order valence-corrected chi connectivity index (χ0v) is 17.1. The van der Waals surface area contributed by atoms with Gasteiger partial charge in [0.25, 0.3) is 0 Å². The Labute approximate surface area is 154 Å². The van der Waals surface area contributed by atoms with Crippen LogP contribution in [0.15, 0.2) is 30.3 Å². The second kappa shape index (κ2) is 24.4. The fourth-order valence-corrected chi connectivity index (χ4v) is 1.53. The van der Waals surface area contributed by atoms with Gasteiger partial charge in [-0.05, 0) is 18.4 Å². The molecule has 5 nitrogen and oxygen atoms in total. The Bertz CT molecular complexity index is 394. The molecule has 1 aromatic rings. The normalized spacial score (nSPS) is 8.28. The number of hydrogen-bond donors (Lipinski definition) is 1. The minimum Gasteiger partial charge on any atom is -0.461 e. The van der Waals surface area contributed by atoms with E-state index in [-0.39, 0.29) is 11.9 Å². The largest absolute Gasteiger partial charge is 0.461 e. The number of carbonyl (C=O) groups is 2. The average Bonchev–Trinajstić information content (AvgIpc) is 2.69. The maximum absolute atomic E-state index is 11.4. The molecule has 0 saturated heterocycles. The van der Waals surface area contributed by atoms with E-state index in [0.29, 0.717) is 32.3 Å². The number of nitrogens with one attached hydrogen (secondary N) is 1. The molecule has 5 heteroatoms. The number of hydrogen-bond acceptors (Lipinski definition) is 4. The Balaban J connectivity index is -0.000000725. The van der Waals surface area contributed by atoms with Crippen molar-refractivity contribution in [3.8, 4) is 0 Å². The molecule has 0 aliphatic heterocycles. The highest BCUT2D eigenvalue weighted by molar-refractivity contribution is 5.74. The molecule has 0 saturated carbocycles. The summed E-state index contributed by atoms with van der Waals surface area (Å²) < 4.78 is 5.12. The quantitative estimate of drug-likeness (QED) is 0.403. The molecule has 0 fully saturated rings. The van der Waals surface area contributed by atoms with E-state index >= 15 is 0 Å². The number of esters is 1. The topological polar surface area (TPSA) is 64.6 Å². The van der Waals surface area contributed by atoms with Gasteiger partial charge in [-0.1, -0.05) is 71.9 Å². The van der Waals surface area contributed by atoms with Crippen molar-refractivity contribution in [3.05, 3.63) is 35.9 Å². The molecule has 0 aliphatic carbocycles. The molecule has 0 aromatic heterocycles. The fourth-order valence-electron chi connectivity index (χ4n) is 1.53. The van der Waals surface area contributed by atoms with Crippen molar-refractivity contribution in [3.63, 3.8) is 0 Å². The number of ether oxygens (including phenoxy) is 1. The van der Waals surface area contributed by atoms with Gasteiger partial charge in [0, 0.05) is 12.8 Å². The van der Waals surface area contributed by atoms with E-state index < -0.39 is 0 Å². The first kappa shape index (κ1) is 27.9.